The van der Waals surface area contributed by atoms with Crippen LogP contribution in [0.15, 0.2) is 18.2 Å². The van der Waals surface area contributed by atoms with Gasteiger partial charge in [-0.25, -0.2) is 0 Å². The van der Waals surface area contributed by atoms with Gasteiger partial charge in [0.2, 0.25) is 0 Å². The summed E-state index contributed by atoms with van der Waals surface area (Å²) in [5.74, 6) is 0. The summed E-state index contributed by atoms with van der Waals surface area (Å²) in [6.45, 7) is 5.96. The molecule has 0 amide bonds. The third-order valence-electron chi connectivity index (χ3n) is 3.48. The van der Waals surface area contributed by atoms with Crippen molar-refractivity contribution >= 4 is 36.4 Å². The molecule has 0 unspecified atom stereocenters. The molecule has 1 aromatic carbocycles. The summed E-state index contributed by atoms with van der Waals surface area (Å²) < 4.78 is 0. The third-order valence-corrected chi connectivity index (χ3v) is 3.81. The lowest BCUT2D eigenvalue weighted by Crippen LogP contribution is -2.45. The van der Waals surface area contributed by atoms with Crippen molar-refractivity contribution in [2.75, 3.05) is 26.2 Å². The first-order valence-electron chi connectivity index (χ1n) is 6.30. The molecule has 20 heavy (non-hydrogen) atoms. The van der Waals surface area contributed by atoms with E-state index in [9.17, 15) is 0 Å². The summed E-state index contributed by atoms with van der Waals surface area (Å²) in [5.41, 5.74) is 2.28. The molecule has 1 aliphatic rings. The molecule has 3 nitrogen and oxygen atoms in total. The number of benzene rings is 1. The van der Waals surface area contributed by atoms with E-state index in [1.807, 2.05) is 12.1 Å². The Morgan fingerprint density at radius 2 is 2.00 bits per heavy atom. The van der Waals surface area contributed by atoms with Crippen molar-refractivity contribution in [1.29, 1.82) is 5.26 Å². The van der Waals surface area contributed by atoms with E-state index in [0.717, 1.165) is 36.8 Å². The van der Waals surface area contributed by atoms with Crippen molar-refractivity contribution in [1.82, 2.24) is 10.2 Å². The van der Waals surface area contributed by atoms with Gasteiger partial charge >= 0.3 is 0 Å². The van der Waals surface area contributed by atoms with Gasteiger partial charge in [0, 0.05) is 37.2 Å². The zero-order chi connectivity index (χ0) is 13.0. The first-order chi connectivity index (χ1) is 8.74. The van der Waals surface area contributed by atoms with Gasteiger partial charge < -0.3 is 5.32 Å². The Morgan fingerprint density at radius 3 is 2.55 bits per heavy atom. The number of nitrogens with one attached hydrogen (secondary N) is 1. The minimum Gasteiger partial charge on any atom is -0.314 e. The predicted molar refractivity (Wildman–Crippen MR) is 88.1 cm³/mol. The van der Waals surface area contributed by atoms with Gasteiger partial charge in [0.15, 0.2) is 0 Å². The first kappa shape index (κ1) is 19.5. The Kier molecular flexibility index (Phi) is 9.20. The number of nitrogens with zero attached hydrogens (tertiary/aromatic N) is 2. The summed E-state index contributed by atoms with van der Waals surface area (Å²) in [6.07, 6.45) is 0.491. The maximum atomic E-state index is 9.08. The maximum Gasteiger partial charge on any atom is 0.0641 e. The average molecular weight is 337 g/mol. The molecule has 0 radical (unpaired) electrons. The van der Waals surface area contributed by atoms with Crippen LogP contribution in [-0.4, -0.2) is 31.1 Å². The quantitative estimate of drug-likeness (QED) is 0.920. The first-order valence-corrected chi connectivity index (χ1v) is 6.68. The number of hydrogen-bond donors (Lipinski definition) is 1. The fraction of sp³-hybridized carbons (Fsp3) is 0.500. The molecule has 1 aliphatic heterocycles. The SMILES string of the molecule is Cc1cccc(Cl)c1[C@H](CC#N)N1CCNCC1.Cl.Cl. The molecule has 0 spiro atoms. The lowest BCUT2D eigenvalue weighted by molar-refractivity contribution is 0.175. The molecule has 1 aromatic rings. The fourth-order valence-corrected chi connectivity index (χ4v) is 2.91. The van der Waals surface area contributed by atoms with Gasteiger partial charge in [-0.2, -0.15) is 5.26 Å². The smallest absolute Gasteiger partial charge is 0.0641 e. The van der Waals surface area contributed by atoms with E-state index in [1.54, 1.807) is 0 Å². The zero-order valence-corrected chi connectivity index (χ0v) is 13.8. The second kappa shape index (κ2) is 9.44. The van der Waals surface area contributed by atoms with Crippen molar-refractivity contribution in [3.05, 3.63) is 34.3 Å². The van der Waals surface area contributed by atoms with Crippen molar-refractivity contribution in [2.45, 2.75) is 19.4 Å². The van der Waals surface area contributed by atoms with Crippen LogP contribution in [0.25, 0.3) is 0 Å². The normalized spacial score (nSPS) is 16.4. The predicted octanol–water partition coefficient (Wildman–Crippen LogP) is 3.35. The highest BCUT2D eigenvalue weighted by Crippen LogP contribution is 2.32. The number of halogens is 3. The molecule has 1 atom stereocenters. The number of nitriles is 1. The molecule has 0 aromatic heterocycles. The van der Waals surface area contributed by atoms with Crippen LogP contribution in [0.4, 0.5) is 0 Å². The number of piperazine rings is 1. The molecule has 2 rings (SSSR count). The molecular formula is C14H20Cl3N3. The molecule has 0 saturated carbocycles. The minimum absolute atomic E-state index is 0. The number of aryl methyl sites for hydroxylation is 1. The molecule has 1 heterocycles. The van der Waals surface area contributed by atoms with Gasteiger partial charge in [-0.15, -0.1) is 24.8 Å². The van der Waals surface area contributed by atoms with Crippen LogP contribution in [0.5, 0.6) is 0 Å². The van der Waals surface area contributed by atoms with Crippen molar-refractivity contribution in [2.24, 2.45) is 0 Å². The van der Waals surface area contributed by atoms with Gasteiger partial charge in [0.1, 0.15) is 0 Å². The Hall–Kier alpha value is -0.500. The number of rotatable bonds is 3. The Bertz CT molecular complexity index is 433. The van der Waals surface area contributed by atoms with Crippen molar-refractivity contribution in [3.8, 4) is 6.07 Å². The van der Waals surface area contributed by atoms with E-state index in [4.69, 9.17) is 16.9 Å². The second-order valence-electron chi connectivity index (χ2n) is 4.63. The molecule has 1 saturated heterocycles. The Morgan fingerprint density at radius 1 is 1.35 bits per heavy atom. The lowest BCUT2D eigenvalue weighted by Gasteiger charge is -2.35. The molecule has 1 fully saturated rings. The summed E-state index contributed by atoms with van der Waals surface area (Å²) in [4.78, 5) is 2.36. The van der Waals surface area contributed by atoms with Crippen LogP contribution >= 0.6 is 36.4 Å². The van der Waals surface area contributed by atoms with E-state index in [0.29, 0.717) is 6.42 Å². The van der Waals surface area contributed by atoms with E-state index >= 15 is 0 Å². The van der Waals surface area contributed by atoms with Crippen LogP contribution in [-0.2, 0) is 0 Å². The molecule has 112 valence electrons. The summed E-state index contributed by atoms with van der Waals surface area (Å²) in [6, 6.07) is 8.35. The fourth-order valence-electron chi connectivity index (χ4n) is 2.56. The number of hydrogen-bond acceptors (Lipinski definition) is 3. The zero-order valence-electron chi connectivity index (χ0n) is 11.4. The van der Waals surface area contributed by atoms with Gasteiger partial charge in [0.25, 0.3) is 0 Å². The lowest BCUT2D eigenvalue weighted by atomic mass is 9.97. The van der Waals surface area contributed by atoms with E-state index in [1.165, 1.54) is 5.56 Å². The van der Waals surface area contributed by atoms with E-state index < -0.39 is 0 Å². The maximum absolute atomic E-state index is 9.08. The largest absolute Gasteiger partial charge is 0.314 e. The van der Waals surface area contributed by atoms with Gasteiger partial charge in [-0.05, 0) is 24.1 Å². The van der Waals surface area contributed by atoms with Crippen molar-refractivity contribution < 1.29 is 0 Å². The van der Waals surface area contributed by atoms with Crippen molar-refractivity contribution in [3.63, 3.8) is 0 Å². The Balaban J connectivity index is 0.00000180. The standard InChI is InChI=1S/C14H18ClN3.2ClH/c1-11-3-2-4-12(15)14(11)13(5-6-16)18-9-7-17-8-10-18;;/h2-4,13,17H,5,7-10H2,1H3;2*1H/t13-;;/m0../s1. The van der Waals surface area contributed by atoms with Gasteiger partial charge in [-0.3, -0.25) is 4.90 Å². The van der Waals surface area contributed by atoms with Gasteiger partial charge in [-0.1, -0.05) is 23.7 Å². The second-order valence-corrected chi connectivity index (χ2v) is 5.04. The molecular weight excluding hydrogens is 317 g/mol. The van der Waals surface area contributed by atoms with Crippen LogP contribution in [0, 0.1) is 18.3 Å². The van der Waals surface area contributed by atoms with Crippen LogP contribution in [0.3, 0.4) is 0 Å². The average Bonchev–Trinajstić information content (AvgIpc) is 2.38. The minimum atomic E-state index is 0. The van der Waals surface area contributed by atoms with Crippen LogP contribution in [0.1, 0.15) is 23.6 Å². The Labute approximate surface area is 138 Å². The third kappa shape index (κ3) is 4.51. The summed E-state index contributed by atoms with van der Waals surface area (Å²) in [7, 11) is 0. The topological polar surface area (TPSA) is 39.1 Å². The van der Waals surface area contributed by atoms with Crippen LogP contribution in [0.2, 0.25) is 5.02 Å². The molecule has 6 heteroatoms. The summed E-state index contributed by atoms with van der Waals surface area (Å²) >= 11 is 6.33. The molecule has 0 aliphatic carbocycles. The van der Waals surface area contributed by atoms with E-state index in [2.05, 4.69) is 29.3 Å². The highest BCUT2D eigenvalue weighted by Gasteiger charge is 2.24. The van der Waals surface area contributed by atoms with Crippen LogP contribution < -0.4 is 5.32 Å². The molecule has 0 bridgehead atoms. The molecule has 1 N–H and O–H groups in total. The monoisotopic (exact) mass is 335 g/mol. The highest BCUT2D eigenvalue weighted by molar-refractivity contribution is 6.31. The highest BCUT2D eigenvalue weighted by atomic mass is 35.5. The summed E-state index contributed by atoms with van der Waals surface area (Å²) in [5, 5.41) is 13.2. The van der Waals surface area contributed by atoms with Gasteiger partial charge in [0.05, 0.1) is 12.5 Å². The van der Waals surface area contributed by atoms with E-state index in [-0.39, 0.29) is 30.9 Å².